The van der Waals surface area contributed by atoms with E-state index >= 15 is 0 Å². The maximum absolute atomic E-state index is 4.17. The Morgan fingerprint density at radius 2 is 1.78 bits per heavy atom. The van der Waals surface area contributed by atoms with Crippen LogP contribution in [0.1, 0.15) is 13.8 Å². The lowest BCUT2D eigenvalue weighted by atomic mass is 10.9. The van der Waals surface area contributed by atoms with Crippen molar-refractivity contribution in [2.24, 2.45) is 0 Å². The molecule has 0 N–H and O–H groups in total. The lowest BCUT2D eigenvalue weighted by molar-refractivity contribution is 1.48. The molecule has 1 heterocycles. The first-order valence-electron chi connectivity index (χ1n) is 3.27. The summed E-state index contributed by atoms with van der Waals surface area (Å²) in [6, 6.07) is 0. The van der Waals surface area contributed by atoms with Gasteiger partial charge in [0.1, 0.15) is 0 Å². The Morgan fingerprint density at radius 3 is 2.00 bits per heavy atom. The first-order valence-corrected chi connectivity index (χ1v) is 6.00. The molecule has 0 bridgehead atoms. The fraction of sp³-hybridized carbons (Fsp3) is 1.00. The summed E-state index contributed by atoms with van der Waals surface area (Å²) >= 11 is 8.23. The van der Waals surface area contributed by atoms with Crippen LogP contribution in [0.5, 0.6) is 0 Å². The van der Waals surface area contributed by atoms with Crippen LogP contribution in [-0.2, 0) is 0 Å². The lowest BCUT2D eigenvalue weighted by Gasteiger charge is -1.98. The lowest BCUT2D eigenvalue weighted by Crippen LogP contribution is -1.89. The number of hydrogen-bond acceptors (Lipinski definition) is 3. The van der Waals surface area contributed by atoms with E-state index < -0.39 is 0 Å². The molecule has 1 aliphatic heterocycles. The van der Waals surface area contributed by atoms with Crippen LogP contribution in [0.15, 0.2) is 0 Å². The molecule has 0 unspecified atom stereocenters. The Hall–Kier alpha value is 1.05. The first-order chi connectivity index (χ1) is 4.43. The molecule has 9 heavy (non-hydrogen) atoms. The number of hydrogen-bond donors (Lipinski definition) is 1. The quantitative estimate of drug-likeness (QED) is 0.619. The molecule has 0 saturated carbocycles. The van der Waals surface area contributed by atoms with Gasteiger partial charge in [-0.25, -0.2) is 0 Å². The predicted molar refractivity (Wildman–Crippen MR) is 53.9 cm³/mol. The van der Waals surface area contributed by atoms with Gasteiger partial charge < -0.3 is 0 Å². The van der Waals surface area contributed by atoms with Gasteiger partial charge in [0.05, 0.1) is 4.58 Å². The third kappa shape index (κ3) is 4.45. The molecule has 0 aromatic heterocycles. The molecule has 0 aliphatic carbocycles. The van der Waals surface area contributed by atoms with E-state index in [4.69, 9.17) is 0 Å². The summed E-state index contributed by atoms with van der Waals surface area (Å²) in [7, 11) is 0. The maximum Gasteiger partial charge on any atom is 0.0590 e. The molecule has 1 saturated heterocycles. The van der Waals surface area contributed by atoms with E-state index in [-0.39, 0.29) is 0 Å². The zero-order valence-electron chi connectivity index (χ0n) is 5.96. The van der Waals surface area contributed by atoms with Crippen molar-refractivity contribution in [1.29, 1.82) is 0 Å². The summed E-state index contributed by atoms with van der Waals surface area (Å²) in [5, 5.41) is 0. The second kappa shape index (κ2) is 7.16. The van der Waals surface area contributed by atoms with Crippen molar-refractivity contribution >= 4 is 36.2 Å². The van der Waals surface area contributed by atoms with Crippen LogP contribution in [0.4, 0.5) is 0 Å². The Kier molecular flexibility index (Phi) is 8.00. The molecule has 56 valence electrons. The summed E-state index contributed by atoms with van der Waals surface area (Å²) in [5.41, 5.74) is 0. The molecule has 0 nitrogen and oxygen atoms in total. The molecule has 0 radical (unpaired) electrons. The molecule has 0 atom stereocenters. The van der Waals surface area contributed by atoms with Gasteiger partial charge in [-0.15, -0.1) is 23.5 Å². The monoisotopic (exact) mass is 182 g/mol. The van der Waals surface area contributed by atoms with Gasteiger partial charge in [-0.2, -0.15) is 12.6 Å². The smallest absolute Gasteiger partial charge is 0.0590 e. The Labute approximate surface area is 72.0 Å². The maximum atomic E-state index is 4.17. The SMILES string of the molecule is CC.SCC1SCCS1. The van der Waals surface area contributed by atoms with Crippen LogP contribution in [0.25, 0.3) is 0 Å². The van der Waals surface area contributed by atoms with Crippen LogP contribution < -0.4 is 0 Å². The standard InChI is InChI=1S/C4H8S3.C2H6/c5-3-4-6-1-2-7-4;1-2/h4-5H,1-3H2;1-2H3. The molecule has 0 spiro atoms. The fourth-order valence-corrected chi connectivity index (χ4v) is 3.61. The molecule has 0 aromatic rings. The van der Waals surface area contributed by atoms with E-state index in [1.54, 1.807) is 0 Å². The van der Waals surface area contributed by atoms with Crippen LogP contribution in [0.2, 0.25) is 0 Å². The van der Waals surface area contributed by atoms with Crippen molar-refractivity contribution in [3.63, 3.8) is 0 Å². The number of thiol groups is 1. The fourth-order valence-electron chi connectivity index (χ4n) is 0.513. The van der Waals surface area contributed by atoms with E-state index in [2.05, 4.69) is 12.6 Å². The number of rotatable bonds is 1. The van der Waals surface area contributed by atoms with Crippen LogP contribution in [0, 0.1) is 0 Å². The Morgan fingerprint density at radius 1 is 1.33 bits per heavy atom. The topological polar surface area (TPSA) is 0 Å². The van der Waals surface area contributed by atoms with Crippen molar-refractivity contribution in [1.82, 2.24) is 0 Å². The van der Waals surface area contributed by atoms with Gasteiger partial charge in [0, 0.05) is 17.3 Å². The van der Waals surface area contributed by atoms with Crippen LogP contribution >= 0.6 is 36.2 Å². The molecule has 0 amide bonds. The van der Waals surface area contributed by atoms with Gasteiger partial charge in [0.25, 0.3) is 0 Å². The summed E-state index contributed by atoms with van der Waals surface area (Å²) < 4.78 is 0.795. The molecule has 1 fully saturated rings. The molecule has 1 rings (SSSR count). The largest absolute Gasteiger partial charge is 0.177 e. The minimum atomic E-state index is 0.795. The van der Waals surface area contributed by atoms with Crippen LogP contribution in [0.3, 0.4) is 0 Å². The van der Waals surface area contributed by atoms with Crippen molar-refractivity contribution in [3.8, 4) is 0 Å². The Balaban J connectivity index is 0.000000291. The minimum Gasteiger partial charge on any atom is -0.177 e. The third-order valence-corrected chi connectivity index (χ3v) is 4.73. The summed E-state index contributed by atoms with van der Waals surface area (Å²) in [6.07, 6.45) is 0. The molecule has 1 aliphatic rings. The molecular formula is C6H14S3. The van der Waals surface area contributed by atoms with Gasteiger partial charge in [0.15, 0.2) is 0 Å². The zero-order valence-corrected chi connectivity index (χ0v) is 8.49. The van der Waals surface area contributed by atoms with Crippen molar-refractivity contribution in [3.05, 3.63) is 0 Å². The van der Waals surface area contributed by atoms with Crippen LogP contribution in [-0.4, -0.2) is 21.8 Å². The van der Waals surface area contributed by atoms with Gasteiger partial charge in [-0.05, 0) is 0 Å². The predicted octanol–water partition coefficient (Wildman–Crippen LogP) is 2.75. The highest BCUT2D eigenvalue weighted by Gasteiger charge is 2.12. The minimum absolute atomic E-state index is 0.795. The second-order valence-electron chi connectivity index (χ2n) is 1.35. The highest BCUT2D eigenvalue weighted by atomic mass is 32.2. The number of thioether (sulfide) groups is 2. The third-order valence-electron chi connectivity index (χ3n) is 0.840. The highest BCUT2D eigenvalue weighted by molar-refractivity contribution is 8.20. The van der Waals surface area contributed by atoms with E-state index in [9.17, 15) is 0 Å². The normalized spacial score (nSPS) is 19.0. The van der Waals surface area contributed by atoms with E-state index in [0.717, 1.165) is 10.3 Å². The molecule has 3 heteroatoms. The van der Waals surface area contributed by atoms with Crippen molar-refractivity contribution in [2.45, 2.75) is 18.4 Å². The average Bonchev–Trinajstić information content (AvgIpc) is 2.43. The van der Waals surface area contributed by atoms with Crippen molar-refractivity contribution < 1.29 is 0 Å². The van der Waals surface area contributed by atoms with Gasteiger partial charge in [0.2, 0.25) is 0 Å². The second-order valence-corrected chi connectivity index (χ2v) is 4.64. The van der Waals surface area contributed by atoms with Gasteiger partial charge in [-0.1, -0.05) is 13.8 Å². The summed E-state index contributed by atoms with van der Waals surface area (Å²) in [6.45, 7) is 4.00. The average molecular weight is 182 g/mol. The summed E-state index contributed by atoms with van der Waals surface area (Å²) in [4.78, 5) is 0. The first kappa shape index (κ1) is 10.0. The van der Waals surface area contributed by atoms with Crippen molar-refractivity contribution in [2.75, 3.05) is 17.3 Å². The zero-order chi connectivity index (χ0) is 7.11. The summed E-state index contributed by atoms with van der Waals surface area (Å²) in [5.74, 6) is 3.70. The van der Waals surface area contributed by atoms with E-state index in [1.165, 1.54) is 11.5 Å². The molecular weight excluding hydrogens is 168 g/mol. The highest BCUT2D eigenvalue weighted by Crippen LogP contribution is 2.31. The van der Waals surface area contributed by atoms with E-state index in [1.807, 2.05) is 37.4 Å². The molecule has 0 aromatic carbocycles. The van der Waals surface area contributed by atoms with E-state index in [0.29, 0.717) is 0 Å². The van der Waals surface area contributed by atoms with Gasteiger partial charge >= 0.3 is 0 Å². The Bertz CT molecular complexity index is 50.3. The van der Waals surface area contributed by atoms with Gasteiger partial charge in [-0.3, -0.25) is 0 Å².